The Bertz CT molecular complexity index is 669. The van der Waals surface area contributed by atoms with Crippen LogP contribution in [0.1, 0.15) is 13.8 Å². The molecule has 2 N–H and O–H groups in total. The van der Waals surface area contributed by atoms with E-state index < -0.39 is 0 Å². The summed E-state index contributed by atoms with van der Waals surface area (Å²) in [5.41, 5.74) is 1.71. The number of benzene rings is 1. The monoisotopic (exact) mass is 305 g/mol. The molecule has 0 aliphatic carbocycles. The molecule has 0 saturated heterocycles. The zero-order valence-electron chi connectivity index (χ0n) is 11.7. The number of hydrogen-bond acceptors (Lipinski definition) is 5. The van der Waals surface area contributed by atoms with Crippen molar-refractivity contribution < 1.29 is 14.3 Å². The Hall–Kier alpha value is -2.28. The normalized spacial score (nSPS) is 12.5. The number of nitrogens with one attached hydrogen (secondary N) is 2. The maximum atomic E-state index is 11.6. The van der Waals surface area contributed by atoms with Crippen LogP contribution in [0.2, 0.25) is 0 Å². The van der Waals surface area contributed by atoms with Gasteiger partial charge in [-0.15, -0.1) is 11.3 Å². The van der Waals surface area contributed by atoms with E-state index in [1.165, 1.54) is 11.3 Å². The van der Waals surface area contributed by atoms with Crippen LogP contribution in [0.15, 0.2) is 23.6 Å². The van der Waals surface area contributed by atoms with Gasteiger partial charge in [0, 0.05) is 17.0 Å². The molecule has 1 aliphatic heterocycles. The highest BCUT2D eigenvalue weighted by atomic mass is 32.1. The van der Waals surface area contributed by atoms with Crippen LogP contribution >= 0.6 is 11.3 Å². The number of ether oxygens (including phenoxy) is 2. The summed E-state index contributed by atoms with van der Waals surface area (Å²) >= 11 is 1.38. The maximum Gasteiger partial charge on any atom is 0.321 e. The molecule has 6 nitrogen and oxygen atoms in total. The van der Waals surface area contributed by atoms with Crippen LogP contribution in [0.4, 0.5) is 9.93 Å². The van der Waals surface area contributed by atoms with Gasteiger partial charge in [-0.25, -0.2) is 9.78 Å². The van der Waals surface area contributed by atoms with Gasteiger partial charge in [-0.2, -0.15) is 0 Å². The van der Waals surface area contributed by atoms with E-state index in [4.69, 9.17) is 9.47 Å². The molecule has 0 unspecified atom stereocenters. The van der Waals surface area contributed by atoms with Crippen molar-refractivity contribution in [3.63, 3.8) is 0 Å². The van der Waals surface area contributed by atoms with Crippen LogP contribution in [0.25, 0.3) is 11.3 Å². The summed E-state index contributed by atoms with van der Waals surface area (Å²) in [6.45, 7) is 4.05. The van der Waals surface area contributed by atoms with Crippen LogP contribution in [-0.2, 0) is 0 Å². The first kappa shape index (κ1) is 13.7. The van der Waals surface area contributed by atoms with Gasteiger partial charge in [0.2, 0.25) is 6.79 Å². The second-order valence-electron chi connectivity index (χ2n) is 4.86. The molecule has 110 valence electrons. The molecule has 0 radical (unpaired) electrons. The molecule has 1 aromatic carbocycles. The number of rotatable bonds is 3. The summed E-state index contributed by atoms with van der Waals surface area (Å²) in [6, 6.07) is 5.49. The Morgan fingerprint density at radius 2 is 2.14 bits per heavy atom. The number of carbonyl (C=O) groups is 1. The van der Waals surface area contributed by atoms with Crippen molar-refractivity contribution in [3.05, 3.63) is 23.6 Å². The van der Waals surface area contributed by atoms with E-state index in [9.17, 15) is 4.79 Å². The van der Waals surface area contributed by atoms with E-state index in [1.807, 2.05) is 37.4 Å². The minimum absolute atomic E-state index is 0.0818. The molecule has 7 heteroatoms. The van der Waals surface area contributed by atoms with Gasteiger partial charge in [0.25, 0.3) is 0 Å². The van der Waals surface area contributed by atoms with Crippen molar-refractivity contribution in [1.29, 1.82) is 0 Å². The molecule has 0 saturated carbocycles. The Morgan fingerprint density at radius 3 is 2.95 bits per heavy atom. The lowest BCUT2D eigenvalue weighted by Crippen LogP contribution is -2.34. The number of fused-ring (bicyclic) bond motifs is 1. The van der Waals surface area contributed by atoms with Gasteiger partial charge in [0.15, 0.2) is 16.6 Å². The van der Waals surface area contributed by atoms with E-state index in [1.54, 1.807) is 0 Å². The minimum atomic E-state index is -0.253. The highest BCUT2D eigenvalue weighted by Crippen LogP contribution is 2.36. The zero-order valence-corrected chi connectivity index (χ0v) is 12.5. The van der Waals surface area contributed by atoms with Crippen LogP contribution in [0, 0.1) is 0 Å². The van der Waals surface area contributed by atoms with Gasteiger partial charge in [-0.05, 0) is 32.0 Å². The standard InChI is InChI=1S/C14H15N3O3S/c1-8(2)15-13(18)17-14-16-10(6-21-14)9-3-4-11-12(5-9)20-7-19-11/h3-6,8H,7H2,1-2H3,(H2,15,16,17,18). The Labute approximate surface area is 126 Å². The lowest BCUT2D eigenvalue weighted by molar-refractivity contribution is 0.174. The summed E-state index contributed by atoms with van der Waals surface area (Å²) in [6.07, 6.45) is 0. The lowest BCUT2D eigenvalue weighted by Gasteiger charge is -2.07. The first-order valence-electron chi connectivity index (χ1n) is 6.55. The van der Waals surface area contributed by atoms with E-state index >= 15 is 0 Å². The van der Waals surface area contributed by atoms with Crippen molar-refractivity contribution in [2.45, 2.75) is 19.9 Å². The van der Waals surface area contributed by atoms with Crippen LogP contribution < -0.4 is 20.1 Å². The molecule has 2 heterocycles. The minimum Gasteiger partial charge on any atom is -0.454 e. The number of carbonyl (C=O) groups excluding carboxylic acids is 1. The van der Waals surface area contributed by atoms with Crippen molar-refractivity contribution in [3.8, 4) is 22.8 Å². The Balaban J connectivity index is 1.74. The van der Waals surface area contributed by atoms with Gasteiger partial charge in [0.05, 0.1) is 5.69 Å². The highest BCUT2D eigenvalue weighted by Gasteiger charge is 2.15. The summed E-state index contributed by atoms with van der Waals surface area (Å²) in [5.74, 6) is 1.45. The predicted octanol–water partition coefficient (Wildman–Crippen LogP) is 3.07. The third-order valence-corrected chi connectivity index (χ3v) is 3.57. The fourth-order valence-corrected chi connectivity index (χ4v) is 2.63. The van der Waals surface area contributed by atoms with Gasteiger partial charge in [0.1, 0.15) is 0 Å². The quantitative estimate of drug-likeness (QED) is 0.914. The summed E-state index contributed by atoms with van der Waals surface area (Å²) in [4.78, 5) is 16.0. The Morgan fingerprint density at radius 1 is 1.33 bits per heavy atom. The highest BCUT2D eigenvalue weighted by molar-refractivity contribution is 7.14. The number of aromatic nitrogens is 1. The van der Waals surface area contributed by atoms with Gasteiger partial charge in [-0.1, -0.05) is 0 Å². The van der Waals surface area contributed by atoms with E-state index in [-0.39, 0.29) is 18.9 Å². The van der Waals surface area contributed by atoms with Crippen LogP contribution in [0.5, 0.6) is 11.5 Å². The average Bonchev–Trinajstić information content (AvgIpc) is 3.04. The summed E-state index contributed by atoms with van der Waals surface area (Å²) in [7, 11) is 0. The van der Waals surface area contributed by atoms with Crippen molar-refractivity contribution >= 4 is 22.5 Å². The molecule has 3 rings (SSSR count). The fourth-order valence-electron chi connectivity index (χ4n) is 1.91. The zero-order chi connectivity index (χ0) is 14.8. The number of nitrogens with zero attached hydrogens (tertiary/aromatic N) is 1. The molecule has 0 spiro atoms. The third kappa shape index (κ3) is 3.08. The first-order valence-corrected chi connectivity index (χ1v) is 7.43. The van der Waals surface area contributed by atoms with Gasteiger partial charge < -0.3 is 14.8 Å². The van der Waals surface area contributed by atoms with E-state index in [0.29, 0.717) is 10.9 Å². The fraction of sp³-hybridized carbons (Fsp3) is 0.286. The molecule has 0 fully saturated rings. The maximum absolute atomic E-state index is 11.6. The second-order valence-corrected chi connectivity index (χ2v) is 5.72. The molecule has 21 heavy (non-hydrogen) atoms. The molecule has 0 atom stereocenters. The second kappa shape index (κ2) is 5.61. The molecule has 1 aliphatic rings. The topological polar surface area (TPSA) is 72.5 Å². The van der Waals surface area contributed by atoms with E-state index in [2.05, 4.69) is 15.6 Å². The molecular formula is C14H15N3O3S. The number of thiazole rings is 1. The molecule has 2 amide bonds. The smallest absolute Gasteiger partial charge is 0.321 e. The largest absolute Gasteiger partial charge is 0.454 e. The molecule has 0 bridgehead atoms. The summed E-state index contributed by atoms with van der Waals surface area (Å²) < 4.78 is 10.6. The number of anilines is 1. The Kier molecular flexibility index (Phi) is 3.66. The van der Waals surface area contributed by atoms with E-state index in [0.717, 1.165) is 17.0 Å². The third-order valence-electron chi connectivity index (χ3n) is 2.81. The first-order chi connectivity index (χ1) is 10.1. The van der Waals surface area contributed by atoms with Crippen molar-refractivity contribution in [2.24, 2.45) is 0 Å². The lowest BCUT2D eigenvalue weighted by atomic mass is 10.1. The average molecular weight is 305 g/mol. The molecule has 2 aromatic rings. The molecular weight excluding hydrogens is 290 g/mol. The number of amides is 2. The van der Waals surface area contributed by atoms with Gasteiger partial charge >= 0.3 is 6.03 Å². The molecule has 1 aromatic heterocycles. The van der Waals surface area contributed by atoms with Crippen LogP contribution in [-0.4, -0.2) is 23.8 Å². The van der Waals surface area contributed by atoms with Crippen LogP contribution in [0.3, 0.4) is 0 Å². The number of urea groups is 1. The van der Waals surface area contributed by atoms with Crippen molar-refractivity contribution in [1.82, 2.24) is 10.3 Å². The summed E-state index contributed by atoms with van der Waals surface area (Å²) in [5, 5.41) is 7.92. The number of hydrogen-bond donors (Lipinski definition) is 2. The SMILES string of the molecule is CC(C)NC(=O)Nc1nc(-c2ccc3c(c2)OCO3)cs1. The van der Waals surface area contributed by atoms with Crippen molar-refractivity contribution in [2.75, 3.05) is 12.1 Å². The van der Waals surface area contributed by atoms with Gasteiger partial charge in [-0.3, -0.25) is 5.32 Å². The predicted molar refractivity (Wildman–Crippen MR) is 81.0 cm³/mol.